The van der Waals surface area contributed by atoms with Crippen molar-refractivity contribution in [3.63, 3.8) is 0 Å². The smallest absolute Gasteiger partial charge is 0.244 e. The normalized spacial score (nSPS) is 9.74. The lowest BCUT2D eigenvalue weighted by molar-refractivity contribution is -0.133. The van der Waals surface area contributed by atoms with Gasteiger partial charge in [-0.05, 0) is 29.8 Å². The van der Waals surface area contributed by atoms with Crippen LogP contribution in [0.2, 0.25) is 0 Å². The Kier molecular flexibility index (Phi) is 5.42. The summed E-state index contributed by atoms with van der Waals surface area (Å²) in [4.78, 5) is 29.3. The molecule has 0 saturated carbocycles. The Morgan fingerprint density at radius 2 is 2.13 bits per heavy atom. The number of benzene rings is 1. The van der Waals surface area contributed by atoms with Crippen molar-refractivity contribution in [2.24, 2.45) is 0 Å². The van der Waals surface area contributed by atoms with Crippen LogP contribution in [0.1, 0.15) is 18.1 Å². The van der Waals surface area contributed by atoms with Crippen molar-refractivity contribution in [1.82, 2.24) is 9.88 Å². The van der Waals surface area contributed by atoms with Crippen LogP contribution in [0.3, 0.4) is 0 Å². The molecule has 0 unspecified atom stereocenters. The van der Waals surface area contributed by atoms with E-state index in [9.17, 15) is 9.59 Å². The molecule has 0 saturated heterocycles. The van der Waals surface area contributed by atoms with E-state index < -0.39 is 0 Å². The van der Waals surface area contributed by atoms with E-state index in [2.05, 4.69) is 10.3 Å². The maximum absolute atomic E-state index is 12.1. The first kappa shape index (κ1) is 16.2. The lowest BCUT2D eigenvalue weighted by atomic mass is 10.2. The van der Waals surface area contributed by atoms with Gasteiger partial charge in [-0.2, -0.15) is 5.26 Å². The zero-order valence-electron chi connectivity index (χ0n) is 12.7. The summed E-state index contributed by atoms with van der Waals surface area (Å²) < 4.78 is 0. The zero-order chi connectivity index (χ0) is 16.7. The van der Waals surface area contributed by atoms with Gasteiger partial charge in [0.2, 0.25) is 11.8 Å². The molecule has 23 heavy (non-hydrogen) atoms. The minimum absolute atomic E-state index is 0.0684. The van der Waals surface area contributed by atoms with Gasteiger partial charge in [-0.1, -0.05) is 12.1 Å². The Bertz CT molecular complexity index is 738. The molecule has 2 amide bonds. The van der Waals surface area contributed by atoms with Crippen molar-refractivity contribution in [2.45, 2.75) is 13.5 Å². The van der Waals surface area contributed by atoms with Crippen molar-refractivity contribution in [3.05, 3.63) is 59.9 Å². The van der Waals surface area contributed by atoms with Gasteiger partial charge in [0.05, 0.1) is 11.6 Å². The van der Waals surface area contributed by atoms with Crippen LogP contribution in [0.4, 0.5) is 5.69 Å². The lowest BCUT2D eigenvalue weighted by Gasteiger charge is -2.20. The molecule has 1 heterocycles. The number of amides is 2. The first-order valence-electron chi connectivity index (χ1n) is 7.03. The second-order valence-corrected chi connectivity index (χ2v) is 4.98. The molecular weight excluding hydrogens is 292 g/mol. The Hall–Kier alpha value is -3.20. The monoisotopic (exact) mass is 308 g/mol. The first-order chi connectivity index (χ1) is 11.1. The Morgan fingerprint density at radius 3 is 2.78 bits per heavy atom. The van der Waals surface area contributed by atoms with Crippen LogP contribution < -0.4 is 5.32 Å². The molecule has 1 aromatic carbocycles. The SMILES string of the molecule is CC(=O)N(CC(=O)Nc1cccc(C#N)c1)Cc1cccnc1. The second kappa shape index (κ2) is 7.71. The largest absolute Gasteiger partial charge is 0.329 e. The Balaban J connectivity index is 2.00. The van der Waals surface area contributed by atoms with E-state index in [0.29, 0.717) is 17.8 Å². The van der Waals surface area contributed by atoms with Crippen LogP contribution in [-0.2, 0) is 16.1 Å². The quantitative estimate of drug-likeness (QED) is 0.914. The number of rotatable bonds is 5. The zero-order valence-corrected chi connectivity index (χ0v) is 12.7. The number of pyridine rings is 1. The summed E-state index contributed by atoms with van der Waals surface area (Å²) in [6.07, 6.45) is 3.31. The van der Waals surface area contributed by atoms with Gasteiger partial charge in [0.15, 0.2) is 0 Å². The first-order valence-corrected chi connectivity index (χ1v) is 7.03. The summed E-state index contributed by atoms with van der Waals surface area (Å²) in [6, 6.07) is 12.2. The molecule has 2 rings (SSSR count). The molecular formula is C17H16N4O2. The number of anilines is 1. The van der Waals surface area contributed by atoms with E-state index in [0.717, 1.165) is 5.56 Å². The molecule has 6 heteroatoms. The molecule has 0 aliphatic heterocycles. The number of carbonyl (C=O) groups is 2. The van der Waals surface area contributed by atoms with Crippen LogP contribution in [0.5, 0.6) is 0 Å². The molecule has 0 fully saturated rings. The van der Waals surface area contributed by atoms with E-state index in [1.807, 2.05) is 12.1 Å². The van der Waals surface area contributed by atoms with Gasteiger partial charge in [-0.15, -0.1) is 0 Å². The molecule has 0 bridgehead atoms. The second-order valence-electron chi connectivity index (χ2n) is 4.98. The topological polar surface area (TPSA) is 86.1 Å². The van der Waals surface area contributed by atoms with Crippen LogP contribution in [0, 0.1) is 11.3 Å². The fourth-order valence-electron chi connectivity index (χ4n) is 2.03. The number of hydrogen-bond donors (Lipinski definition) is 1. The highest BCUT2D eigenvalue weighted by Gasteiger charge is 2.14. The van der Waals surface area contributed by atoms with E-state index in [1.165, 1.54) is 11.8 Å². The molecule has 0 aliphatic rings. The molecule has 0 atom stereocenters. The number of aromatic nitrogens is 1. The fraction of sp³-hybridized carbons (Fsp3) is 0.176. The summed E-state index contributed by atoms with van der Waals surface area (Å²) in [7, 11) is 0. The van der Waals surface area contributed by atoms with Gasteiger partial charge in [-0.3, -0.25) is 14.6 Å². The summed E-state index contributed by atoms with van der Waals surface area (Å²) >= 11 is 0. The van der Waals surface area contributed by atoms with Crippen LogP contribution in [0.15, 0.2) is 48.8 Å². The molecule has 1 aromatic heterocycles. The highest BCUT2D eigenvalue weighted by Crippen LogP contribution is 2.10. The highest BCUT2D eigenvalue weighted by molar-refractivity contribution is 5.94. The van der Waals surface area contributed by atoms with Crippen molar-refractivity contribution < 1.29 is 9.59 Å². The third-order valence-corrected chi connectivity index (χ3v) is 3.15. The summed E-state index contributed by atoms with van der Waals surface area (Å²) in [5.74, 6) is -0.519. The van der Waals surface area contributed by atoms with E-state index in [1.54, 1.807) is 42.7 Å². The third-order valence-electron chi connectivity index (χ3n) is 3.15. The summed E-state index contributed by atoms with van der Waals surface area (Å²) in [5.41, 5.74) is 1.84. The van der Waals surface area contributed by atoms with Crippen LogP contribution in [0.25, 0.3) is 0 Å². The van der Waals surface area contributed by atoms with E-state index in [4.69, 9.17) is 5.26 Å². The van der Waals surface area contributed by atoms with Gasteiger partial charge >= 0.3 is 0 Å². The van der Waals surface area contributed by atoms with Crippen LogP contribution >= 0.6 is 0 Å². The summed E-state index contributed by atoms with van der Waals surface area (Å²) in [5, 5.41) is 11.5. The number of hydrogen-bond acceptors (Lipinski definition) is 4. The molecule has 0 spiro atoms. The molecule has 6 nitrogen and oxygen atoms in total. The van der Waals surface area contributed by atoms with Crippen molar-refractivity contribution in [1.29, 1.82) is 5.26 Å². The number of nitrogens with one attached hydrogen (secondary N) is 1. The van der Waals surface area contributed by atoms with Crippen molar-refractivity contribution in [3.8, 4) is 6.07 Å². The van der Waals surface area contributed by atoms with Gasteiger partial charge in [0.1, 0.15) is 6.54 Å². The van der Waals surface area contributed by atoms with E-state index in [-0.39, 0.29) is 18.4 Å². The van der Waals surface area contributed by atoms with Crippen molar-refractivity contribution in [2.75, 3.05) is 11.9 Å². The number of carbonyl (C=O) groups excluding carboxylic acids is 2. The third kappa shape index (κ3) is 4.93. The predicted molar refractivity (Wildman–Crippen MR) is 85.1 cm³/mol. The van der Waals surface area contributed by atoms with Gasteiger partial charge in [-0.25, -0.2) is 0 Å². The minimum Gasteiger partial charge on any atom is -0.329 e. The number of nitrogens with zero attached hydrogens (tertiary/aromatic N) is 3. The Morgan fingerprint density at radius 1 is 1.30 bits per heavy atom. The lowest BCUT2D eigenvalue weighted by Crippen LogP contribution is -2.36. The van der Waals surface area contributed by atoms with Gasteiger partial charge < -0.3 is 10.2 Å². The van der Waals surface area contributed by atoms with Gasteiger partial charge in [0.25, 0.3) is 0 Å². The standard InChI is InChI=1S/C17H16N4O2/c1-13(22)21(11-15-5-3-7-19-10-15)12-17(23)20-16-6-2-4-14(8-16)9-18/h2-8,10H,11-12H2,1H3,(H,20,23). The number of nitriles is 1. The van der Waals surface area contributed by atoms with E-state index >= 15 is 0 Å². The fourth-order valence-corrected chi connectivity index (χ4v) is 2.03. The van der Waals surface area contributed by atoms with Gasteiger partial charge in [0, 0.05) is 31.5 Å². The maximum Gasteiger partial charge on any atom is 0.244 e. The average molecular weight is 308 g/mol. The minimum atomic E-state index is -0.320. The Labute approximate surface area is 134 Å². The highest BCUT2D eigenvalue weighted by atomic mass is 16.2. The molecule has 116 valence electrons. The maximum atomic E-state index is 12.1. The summed E-state index contributed by atoms with van der Waals surface area (Å²) in [6.45, 7) is 1.66. The molecule has 2 aromatic rings. The predicted octanol–water partition coefficient (Wildman–Crippen LogP) is 1.94. The molecule has 0 aliphatic carbocycles. The molecule has 1 N–H and O–H groups in total. The average Bonchev–Trinajstić information content (AvgIpc) is 2.55. The van der Waals surface area contributed by atoms with Crippen LogP contribution in [-0.4, -0.2) is 28.2 Å². The van der Waals surface area contributed by atoms with Crippen molar-refractivity contribution >= 4 is 17.5 Å². The molecule has 0 radical (unpaired) electrons.